The molecule has 0 saturated carbocycles. The summed E-state index contributed by atoms with van der Waals surface area (Å²) in [5.41, 5.74) is 2.03. The number of nitrogens with one attached hydrogen (secondary N) is 1. The molecule has 10 nitrogen and oxygen atoms in total. The molecule has 0 unspecified atom stereocenters. The fourth-order valence-corrected chi connectivity index (χ4v) is 6.29. The number of amides is 1. The minimum absolute atomic E-state index is 0.0193. The van der Waals surface area contributed by atoms with Crippen molar-refractivity contribution in [3.05, 3.63) is 142 Å². The highest BCUT2D eigenvalue weighted by Crippen LogP contribution is 2.33. The van der Waals surface area contributed by atoms with Crippen LogP contribution in [-0.2, 0) is 4.79 Å². The number of allylic oxidation sites excluding steroid dienone is 1. The third-order valence-corrected chi connectivity index (χ3v) is 8.43. The number of halogens is 1. The maximum absolute atomic E-state index is 14.0. The highest BCUT2D eigenvalue weighted by molar-refractivity contribution is 7.07. The second-order valence-electron chi connectivity index (χ2n) is 10.0. The summed E-state index contributed by atoms with van der Waals surface area (Å²) in [6.07, 6.45) is 1.59. The summed E-state index contributed by atoms with van der Waals surface area (Å²) >= 11 is 7.13. The molecule has 0 spiro atoms. The molecule has 226 valence electrons. The summed E-state index contributed by atoms with van der Waals surface area (Å²) in [7, 11) is 0. The van der Waals surface area contributed by atoms with Gasteiger partial charge in [-0.15, -0.1) is 0 Å². The number of thiazole rings is 1. The lowest BCUT2D eigenvalue weighted by Gasteiger charge is -2.25. The van der Waals surface area contributed by atoms with Gasteiger partial charge in [-0.3, -0.25) is 24.3 Å². The van der Waals surface area contributed by atoms with E-state index in [1.54, 1.807) is 43.3 Å². The number of hydrogen-bond acceptors (Lipinski definition) is 8. The summed E-state index contributed by atoms with van der Waals surface area (Å²) in [4.78, 5) is 43.6. The van der Waals surface area contributed by atoms with E-state index in [-0.39, 0.29) is 22.2 Å². The molecule has 0 aliphatic carbocycles. The third kappa shape index (κ3) is 5.95. The van der Waals surface area contributed by atoms with Crippen LogP contribution < -0.4 is 24.9 Å². The molecule has 12 heteroatoms. The Morgan fingerprint density at radius 2 is 1.89 bits per heavy atom. The first-order valence-corrected chi connectivity index (χ1v) is 15.1. The number of benzene rings is 3. The zero-order valence-corrected chi connectivity index (χ0v) is 25.6. The summed E-state index contributed by atoms with van der Waals surface area (Å²) < 4.78 is 13.4. The van der Waals surface area contributed by atoms with Gasteiger partial charge in [0.25, 0.3) is 17.2 Å². The number of aromatic nitrogens is 1. The van der Waals surface area contributed by atoms with Crippen molar-refractivity contribution in [3.8, 4) is 17.1 Å². The number of carbonyl (C=O) groups is 1. The molecule has 0 bridgehead atoms. The van der Waals surface area contributed by atoms with Crippen molar-refractivity contribution in [2.45, 2.75) is 19.9 Å². The third-order valence-electron chi connectivity index (χ3n) is 7.13. The molecule has 3 heterocycles. The van der Waals surface area contributed by atoms with Crippen molar-refractivity contribution < 1.29 is 18.9 Å². The maximum Gasteiger partial charge on any atom is 0.288 e. The van der Waals surface area contributed by atoms with E-state index in [1.165, 1.54) is 28.0 Å². The Kier molecular flexibility index (Phi) is 8.20. The van der Waals surface area contributed by atoms with E-state index in [1.807, 2.05) is 49.4 Å². The molecule has 45 heavy (non-hydrogen) atoms. The topological polar surface area (TPSA) is 129 Å². The van der Waals surface area contributed by atoms with Crippen LogP contribution in [0.15, 0.2) is 110 Å². The fourth-order valence-electron chi connectivity index (χ4n) is 5.08. The number of ether oxygens (including phenoxy) is 1. The van der Waals surface area contributed by atoms with Crippen LogP contribution in [0.4, 0.5) is 11.4 Å². The van der Waals surface area contributed by atoms with Crippen LogP contribution in [-0.4, -0.2) is 22.0 Å². The van der Waals surface area contributed by atoms with Gasteiger partial charge in [0.2, 0.25) is 0 Å². The number of fused-ring (bicyclic) bond motifs is 1. The van der Waals surface area contributed by atoms with Crippen LogP contribution in [0.3, 0.4) is 0 Å². The summed E-state index contributed by atoms with van der Waals surface area (Å²) in [6, 6.07) is 23.3. The number of hydrogen-bond donors (Lipinski definition) is 1. The van der Waals surface area contributed by atoms with E-state index in [0.29, 0.717) is 61.3 Å². The Morgan fingerprint density at radius 1 is 1.13 bits per heavy atom. The van der Waals surface area contributed by atoms with Gasteiger partial charge in [0.1, 0.15) is 22.3 Å². The van der Waals surface area contributed by atoms with Gasteiger partial charge in [0.05, 0.1) is 33.4 Å². The van der Waals surface area contributed by atoms with E-state index >= 15 is 0 Å². The SMILES string of the molecule is CCOc1ccc([C@H]2C(C(=O)Nc3ccccc3)=C(C)N=c3s/c(=C\c4ccc(-c5ccc(Cl)c([N+](=O)[O-])c5)o4)c(=O)n32)cc1. The summed E-state index contributed by atoms with van der Waals surface area (Å²) in [6.45, 7) is 4.15. The average Bonchev–Trinajstić information content (AvgIpc) is 3.61. The molecule has 3 aromatic carbocycles. The lowest BCUT2D eigenvalue weighted by molar-refractivity contribution is -0.384. The quantitative estimate of drug-likeness (QED) is 0.161. The number of para-hydroxylation sites is 1. The first-order valence-electron chi connectivity index (χ1n) is 13.9. The van der Waals surface area contributed by atoms with E-state index in [0.717, 1.165) is 0 Å². The van der Waals surface area contributed by atoms with Gasteiger partial charge in [0, 0.05) is 23.4 Å². The van der Waals surface area contributed by atoms with Crippen LogP contribution in [0, 0.1) is 10.1 Å². The molecule has 1 atom stereocenters. The first-order chi connectivity index (χ1) is 21.7. The van der Waals surface area contributed by atoms with Gasteiger partial charge < -0.3 is 14.5 Å². The van der Waals surface area contributed by atoms with Gasteiger partial charge in [-0.05, 0) is 67.9 Å². The highest BCUT2D eigenvalue weighted by atomic mass is 35.5. The number of anilines is 1. The lowest BCUT2D eigenvalue weighted by Crippen LogP contribution is -2.40. The molecule has 1 aliphatic heterocycles. The molecule has 1 N–H and O–H groups in total. The Balaban J connectivity index is 1.43. The Hall–Kier alpha value is -5.26. The van der Waals surface area contributed by atoms with E-state index < -0.39 is 11.0 Å². The van der Waals surface area contributed by atoms with E-state index in [2.05, 4.69) is 10.3 Å². The zero-order chi connectivity index (χ0) is 31.7. The van der Waals surface area contributed by atoms with Crippen LogP contribution in [0.5, 0.6) is 5.75 Å². The normalized spacial score (nSPS) is 14.6. The van der Waals surface area contributed by atoms with Crippen molar-refractivity contribution in [3.63, 3.8) is 0 Å². The van der Waals surface area contributed by atoms with Gasteiger partial charge in [-0.2, -0.15) is 0 Å². The molecule has 5 aromatic rings. The molecule has 2 aromatic heterocycles. The van der Waals surface area contributed by atoms with Gasteiger partial charge in [-0.1, -0.05) is 53.3 Å². The van der Waals surface area contributed by atoms with Crippen molar-refractivity contribution in [1.29, 1.82) is 0 Å². The first kappa shape index (κ1) is 29.8. The highest BCUT2D eigenvalue weighted by Gasteiger charge is 2.32. The predicted molar refractivity (Wildman–Crippen MR) is 172 cm³/mol. The second-order valence-corrected chi connectivity index (χ2v) is 11.4. The number of nitrogens with zero attached hydrogens (tertiary/aromatic N) is 3. The Bertz CT molecular complexity index is 2150. The molecule has 0 radical (unpaired) electrons. The molecule has 0 fully saturated rings. The van der Waals surface area contributed by atoms with Gasteiger partial charge >= 0.3 is 0 Å². The largest absolute Gasteiger partial charge is 0.494 e. The van der Waals surface area contributed by atoms with Crippen molar-refractivity contribution in [2.24, 2.45) is 4.99 Å². The van der Waals surface area contributed by atoms with E-state index in [4.69, 9.17) is 20.8 Å². The smallest absolute Gasteiger partial charge is 0.288 e. The standard InChI is InChI=1S/C33H25ClN4O6S/c1-3-43-23-12-9-20(10-13-23)30-29(31(39)36-22-7-5-4-6-8-22)19(2)35-33-37(30)32(40)28(45-33)18-24-14-16-27(44-24)21-11-15-25(34)26(17-21)38(41)42/h4-18,30H,3H2,1-2H3,(H,36,39)/b28-18-/t30-/m0/s1. The van der Waals surface area contributed by atoms with Crippen molar-refractivity contribution in [2.75, 3.05) is 11.9 Å². The Labute approximate surface area is 265 Å². The summed E-state index contributed by atoms with van der Waals surface area (Å²) in [5.74, 6) is 1.03. The number of rotatable bonds is 8. The minimum atomic E-state index is -0.760. The molecule has 6 rings (SSSR count). The number of nitro benzene ring substituents is 1. The fraction of sp³-hybridized carbons (Fsp3) is 0.121. The van der Waals surface area contributed by atoms with Crippen molar-refractivity contribution in [1.82, 2.24) is 4.57 Å². The monoisotopic (exact) mass is 640 g/mol. The number of furan rings is 1. The van der Waals surface area contributed by atoms with Crippen LogP contribution in [0.2, 0.25) is 5.02 Å². The second kappa shape index (κ2) is 12.4. The van der Waals surface area contributed by atoms with Gasteiger partial charge in [-0.25, -0.2) is 4.99 Å². The van der Waals surface area contributed by atoms with Crippen LogP contribution in [0.25, 0.3) is 17.4 Å². The molecule has 0 saturated heterocycles. The molecule has 1 amide bonds. The predicted octanol–water partition coefficient (Wildman–Crippen LogP) is 6.09. The zero-order valence-electron chi connectivity index (χ0n) is 24.0. The van der Waals surface area contributed by atoms with Crippen LogP contribution in [0.1, 0.15) is 31.2 Å². The Morgan fingerprint density at radius 3 is 2.60 bits per heavy atom. The van der Waals surface area contributed by atoms with E-state index in [9.17, 15) is 19.7 Å². The molecular weight excluding hydrogens is 616 g/mol. The van der Waals surface area contributed by atoms with Crippen molar-refractivity contribution >= 4 is 46.3 Å². The maximum atomic E-state index is 14.0. The average molecular weight is 641 g/mol. The minimum Gasteiger partial charge on any atom is -0.494 e. The van der Waals surface area contributed by atoms with Gasteiger partial charge in [0.15, 0.2) is 4.80 Å². The number of nitro groups is 1. The number of carbonyl (C=O) groups excluding carboxylic acids is 1. The molecular formula is C33H25ClN4O6S. The summed E-state index contributed by atoms with van der Waals surface area (Å²) in [5, 5.41) is 14.3. The molecule has 1 aliphatic rings. The van der Waals surface area contributed by atoms with Crippen LogP contribution >= 0.6 is 22.9 Å². The lowest BCUT2D eigenvalue weighted by atomic mass is 9.95.